The lowest BCUT2D eigenvalue weighted by Crippen LogP contribution is -2.44. The summed E-state index contributed by atoms with van der Waals surface area (Å²) in [6.45, 7) is 4.16. The van der Waals surface area contributed by atoms with Gasteiger partial charge >= 0.3 is 0 Å². The zero-order valence-corrected chi connectivity index (χ0v) is 13.2. The maximum atomic E-state index is 11.7. The predicted molar refractivity (Wildman–Crippen MR) is 78.2 cm³/mol. The summed E-state index contributed by atoms with van der Waals surface area (Å²) in [5, 5.41) is 20.8. The van der Waals surface area contributed by atoms with E-state index in [4.69, 9.17) is 0 Å². The molecule has 2 amide bonds. The van der Waals surface area contributed by atoms with Gasteiger partial charge in [0.2, 0.25) is 11.8 Å². The molecule has 0 bridgehead atoms. The van der Waals surface area contributed by atoms with E-state index >= 15 is 0 Å². The average molecular weight is 297 g/mol. The summed E-state index contributed by atoms with van der Waals surface area (Å²) in [4.78, 5) is 24.6. The maximum absolute atomic E-state index is 11.7. The third-order valence-corrected chi connectivity index (χ3v) is 5.21. The van der Waals surface area contributed by atoms with Crippen LogP contribution in [-0.2, 0) is 9.59 Å². The van der Waals surface area contributed by atoms with E-state index in [9.17, 15) is 19.8 Å². The van der Waals surface area contributed by atoms with Crippen molar-refractivity contribution < 1.29 is 19.8 Å². The molecule has 5 heteroatoms. The number of amides is 2. The van der Waals surface area contributed by atoms with Gasteiger partial charge in [-0.1, -0.05) is 13.8 Å². The van der Waals surface area contributed by atoms with Crippen molar-refractivity contribution in [2.75, 3.05) is 7.05 Å². The SMILES string of the molecule is C[C@H]1CC([C@H](O)CC2CC(=O)N(C)C(=O)C2)[C@@H](O)[C@@H](C)C1. The minimum absolute atomic E-state index is 0.101. The number of hydrogen-bond donors (Lipinski definition) is 2. The van der Waals surface area contributed by atoms with Crippen LogP contribution in [0.3, 0.4) is 0 Å². The topological polar surface area (TPSA) is 77.8 Å². The van der Waals surface area contributed by atoms with Gasteiger partial charge < -0.3 is 10.2 Å². The highest BCUT2D eigenvalue weighted by Gasteiger charge is 2.39. The molecule has 2 N–H and O–H groups in total. The van der Waals surface area contributed by atoms with Crippen LogP contribution >= 0.6 is 0 Å². The van der Waals surface area contributed by atoms with Gasteiger partial charge in [-0.3, -0.25) is 14.5 Å². The van der Waals surface area contributed by atoms with Crippen molar-refractivity contribution in [3.05, 3.63) is 0 Å². The number of aliphatic hydroxyl groups is 2. The van der Waals surface area contributed by atoms with E-state index in [-0.39, 0.29) is 29.6 Å². The third-order valence-electron chi connectivity index (χ3n) is 5.21. The Hall–Kier alpha value is -0.940. The van der Waals surface area contributed by atoms with Crippen LogP contribution in [-0.4, -0.2) is 46.2 Å². The van der Waals surface area contributed by atoms with Gasteiger partial charge in [0, 0.05) is 25.8 Å². The van der Waals surface area contributed by atoms with Crippen LogP contribution in [0.5, 0.6) is 0 Å². The molecule has 0 aromatic rings. The number of likely N-dealkylation sites (tertiary alicyclic amines) is 1. The Kier molecular flexibility index (Phi) is 5.04. The zero-order valence-electron chi connectivity index (χ0n) is 13.2. The van der Waals surface area contributed by atoms with Gasteiger partial charge in [0.1, 0.15) is 0 Å². The number of nitrogens with zero attached hydrogens (tertiary/aromatic N) is 1. The molecule has 5 nitrogen and oxygen atoms in total. The summed E-state index contributed by atoms with van der Waals surface area (Å²) in [6, 6.07) is 0. The summed E-state index contributed by atoms with van der Waals surface area (Å²) in [6.07, 6.45) is 1.71. The Labute approximate surface area is 126 Å². The van der Waals surface area contributed by atoms with Gasteiger partial charge in [-0.15, -0.1) is 0 Å². The van der Waals surface area contributed by atoms with Gasteiger partial charge in [-0.2, -0.15) is 0 Å². The van der Waals surface area contributed by atoms with E-state index in [1.54, 1.807) is 0 Å². The van der Waals surface area contributed by atoms with Gasteiger partial charge in [-0.25, -0.2) is 0 Å². The Morgan fingerprint density at radius 3 is 2.33 bits per heavy atom. The first kappa shape index (κ1) is 16.4. The number of aliphatic hydroxyl groups excluding tert-OH is 2. The maximum Gasteiger partial charge on any atom is 0.229 e. The first-order valence-corrected chi connectivity index (χ1v) is 7.95. The number of hydrogen-bond acceptors (Lipinski definition) is 4. The van der Waals surface area contributed by atoms with Crippen molar-refractivity contribution in [2.45, 2.75) is 58.2 Å². The fourth-order valence-electron chi connectivity index (χ4n) is 3.94. The van der Waals surface area contributed by atoms with Crippen molar-refractivity contribution in [1.82, 2.24) is 4.90 Å². The van der Waals surface area contributed by atoms with Crippen molar-refractivity contribution in [3.63, 3.8) is 0 Å². The van der Waals surface area contributed by atoms with Crippen molar-refractivity contribution in [2.24, 2.45) is 23.7 Å². The molecule has 5 atom stereocenters. The molecule has 120 valence electrons. The Balaban J connectivity index is 1.96. The zero-order chi connectivity index (χ0) is 15.7. The van der Waals surface area contributed by atoms with Crippen LogP contribution in [0.1, 0.15) is 46.0 Å². The molecule has 2 aliphatic rings. The summed E-state index contributed by atoms with van der Waals surface area (Å²) in [5.41, 5.74) is 0. The summed E-state index contributed by atoms with van der Waals surface area (Å²) >= 11 is 0. The average Bonchev–Trinajstić information content (AvgIpc) is 2.39. The fourth-order valence-corrected chi connectivity index (χ4v) is 3.94. The second-order valence-corrected chi connectivity index (χ2v) is 7.13. The summed E-state index contributed by atoms with van der Waals surface area (Å²) in [5.74, 6) is 0.0891. The molecule has 0 aromatic carbocycles. The van der Waals surface area contributed by atoms with Crippen molar-refractivity contribution >= 4 is 11.8 Å². The lowest BCUT2D eigenvalue weighted by molar-refractivity contribution is -0.149. The van der Waals surface area contributed by atoms with E-state index < -0.39 is 12.2 Å². The minimum atomic E-state index is -0.640. The Morgan fingerprint density at radius 1 is 1.19 bits per heavy atom. The van der Waals surface area contributed by atoms with E-state index in [1.165, 1.54) is 11.9 Å². The number of carbonyl (C=O) groups excluding carboxylic acids is 2. The molecule has 1 aliphatic heterocycles. The van der Waals surface area contributed by atoms with Crippen LogP contribution < -0.4 is 0 Å². The van der Waals surface area contributed by atoms with E-state index in [0.717, 1.165) is 12.8 Å². The van der Waals surface area contributed by atoms with E-state index in [0.29, 0.717) is 25.2 Å². The summed E-state index contributed by atoms with van der Waals surface area (Å²) in [7, 11) is 1.51. The fraction of sp³-hybridized carbons (Fsp3) is 0.875. The van der Waals surface area contributed by atoms with E-state index in [2.05, 4.69) is 6.92 Å². The third kappa shape index (κ3) is 3.64. The Morgan fingerprint density at radius 2 is 1.76 bits per heavy atom. The quantitative estimate of drug-likeness (QED) is 0.767. The van der Waals surface area contributed by atoms with Gasteiger partial charge in [0.05, 0.1) is 12.2 Å². The monoisotopic (exact) mass is 297 g/mol. The standard InChI is InChI=1S/C16H27NO4/c1-9-4-10(2)16(21)12(5-9)13(18)6-11-7-14(19)17(3)15(20)8-11/h9-13,16,18,21H,4-8H2,1-3H3/t9-,10+,12?,13-,16+/m1/s1. The first-order chi connectivity index (χ1) is 9.79. The van der Waals surface area contributed by atoms with Crippen LogP contribution in [0.2, 0.25) is 0 Å². The minimum Gasteiger partial charge on any atom is -0.393 e. The van der Waals surface area contributed by atoms with Crippen molar-refractivity contribution in [1.29, 1.82) is 0 Å². The second kappa shape index (κ2) is 6.44. The second-order valence-electron chi connectivity index (χ2n) is 7.13. The molecular weight excluding hydrogens is 270 g/mol. The Bertz CT molecular complexity index is 393. The van der Waals surface area contributed by atoms with E-state index in [1.807, 2.05) is 6.92 Å². The molecule has 1 unspecified atom stereocenters. The molecule has 0 aromatic heterocycles. The predicted octanol–water partition coefficient (Wildman–Crippen LogP) is 1.18. The summed E-state index contributed by atoms with van der Waals surface area (Å²) < 4.78 is 0. The smallest absolute Gasteiger partial charge is 0.229 e. The van der Waals surface area contributed by atoms with Crippen molar-refractivity contribution in [3.8, 4) is 0 Å². The van der Waals surface area contributed by atoms with Crippen LogP contribution in [0.25, 0.3) is 0 Å². The van der Waals surface area contributed by atoms with Gasteiger partial charge in [0.25, 0.3) is 0 Å². The van der Waals surface area contributed by atoms with Gasteiger partial charge in [-0.05, 0) is 37.0 Å². The lowest BCUT2D eigenvalue weighted by atomic mass is 9.70. The van der Waals surface area contributed by atoms with Crippen LogP contribution in [0.4, 0.5) is 0 Å². The highest BCUT2D eigenvalue weighted by molar-refractivity contribution is 5.97. The number of piperidine rings is 1. The number of imide groups is 1. The molecule has 2 rings (SSSR count). The molecule has 0 radical (unpaired) electrons. The highest BCUT2D eigenvalue weighted by atomic mass is 16.3. The molecule has 1 aliphatic carbocycles. The number of carbonyl (C=O) groups is 2. The molecule has 1 saturated carbocycles. The first-order valence-electron chi connectivity index (χ1n) is 7.95. The normalized spacial score (nSPS) is 36.9. The molecule has 2 fully saturated rings. The van der Waals surface area contributed by atoms with Crippen LogP contribution in [0.15, 0.2) is 0 Å². The highest BCUT2D eigenvalue weighted by Crippen LogP contribution is 2.37. The molecule has 1 heterocycles. The largest absolute Gasteiger partial charge is 0.393 e. The number of rotatable bonds is 3. The van der Waals surface area contributed by atoms with Gasteiger partial charge in [0.15, 0.2) is 0 Å². The molecule has 0 spiro atoms. The molecule has 1 saturated heterocycles. The van der Waals surface area contributed by atoms with Crippen LogP contribution in [0, 0.1) is 23.7 Å². The molecular formula is C16H27NO4. The molecule has 21 heavy (non-hydrogen) atoms. The lowest BCUT2D eigenvalue weighted by Gasteiger charge is -2.40.